The molecule has 1 heterocycles. The van der Waals surface area contributed by atoms with Crippen LogP contribution in [0.3, 0.4) is 0 Å². The van der Waals surface area contributed by atoms with Crippen molar-refractivity contribution >= 4 is 0 Å². The molecule has 11 heavy (non-hydrogen) atoms. The van der Waals surface area contributed by atoms with Crippen LogP contribution in [0.5, 0.6) is 0 Å². The summed E-state index contributed by atoms with van der Waals surface area (Å²) in [5.74, 6) is -0.456. The summed E-state index contributed by atoms with van der Waals surface area (Å²) >= 11 is 0. The minimum Gasteiger partial charge on any atom is -0.416 e. The van der Waals surface area contributed by atoms with E-state index in [1.807, 2.05) is 13.8 Å². The summed E-state index contributed by atoms with van der Waals surface area (Å²) in [6.45, 7) is 3.71. The molecule has 1 atom stereocenters. The van der Waals surface area contributed by atoms with E-state index in [9.17, 15) is 9.90 Å². The summed E-state index contributed by atoms with van der Waals surface area (Å²) in [7, 11) is 0. The summed E-state index contributed by atoms with van der Waals surface area (Å²) in [6, 6.07) is 0. The summed E-state index contributed by atoms with van der Waals surface area (Å²) in [5.41, 5.74) is 0.435. The first-order valence-electron chi connectivity index (χ1n) is 3.47. The Morgan fingerprint density at radius 2 is 2.27 bits per heavy atom. The molecule has 62 valence electrons. The van der Waals surface area contributed by atoms with E-state index in [1.165, 1.54) is 6.26 Å². The van der Waals surface area contributed by atoms with Gasteiger partial charge in [-0.2, -0.15) is 0 Å². The van der Waals surface area contributed by atoms with Gasteiger partial charge in [0.25, 0.3) is 0 Å². The lowest BCUT2D eigenvalue weighted by Gasteiger charge is -2.10. The minimum atomic E-state index is -0.651. The van der Waals surface area contributed by atoms with Gasteiger partial charge in [0.05, 0.1) is 11.8 Å². The summed E-state index contributed by atoms with van der Waals surface area (Å²) in [6.07, 6.45) is 0.592. The topological polar surface area (TPSA) is 66.2 Å². The molecule has 1 aromatic heterocycles. The van der Waals surface area contributed by atoms with Crippen molar-refractivity contribution in [3.63, 3.8) is 0 Å². The third-order valence-electron chi connectivity index (χ3n) is 1.49. The summed E-state index contributed by atoms with van der Waals surface area (Å²) in [4.78, 5) is 12.9. The van der Waals surface area contributed by atoms with Crippen LogP contribution < -0.4 is 5.76 Å². The molecule has 0 amide bonds. The van der Waals surface area contributed by atoms with Gasteiger partial charge in [0.2, 0.25) is 0 Å². The number of nitrogens with one attached hydrogen (secondary N) is 1. The van der Waals surface area contributed by atoms with Gasteiger partial charge in [-0.1, -0.05) is 13.8 Å². The average molecular weight is 157 g/mol. The Labute approximate surface area is 63.9 Å². The molecule has 0 aliphatic rings. The quantitative estimate of drug-likeness (QED) is 0.662. The number of aromatic nitrogens is 1. The second-order valence-corrected chi connectivity index (χ2v) is 2.79. The highest BCUT2D eigenvalue weighted by molar-refractivity contribution is 4.96. The lowest BCUT2D eigenvalue weighted by Crippen LogP contribution is -2.07. The molecule has 1 aromatic rings. The van der Waals surface area contributed by atoms with E-state index in [0.29, 0.717) is 5.69 Å². The van der Waals surface area contributed by atoms with E-state index >= 15 is 0 Å². The standard InChI is InChI=1S/C7H11NO3/c1-4(2)6(9)5-3-11-7(10)8-5/h3-4,6,9H,1-2H3,(H,8,10). The van der Waals surface area contributed by atoms with E-state index in [2.05, 4.69) is 9.40 Å². The van der Waals surface area contributed by atoms with Crippen molar-refractivity contribution in [3.8, 4) is 0 Å². The molecule has 4 heteroatoms. The Bertz CT molecular complexity index is 273. The monoisotopic (exact) mass is 157 g/mol. The number of oxazole rings is 1. The number of H-pyrrole nitrogens is 1. The maximum absolute atomic E-state index is 10.5. The molecule has 0 saturated heterocycles. The molecular weight excluding hydrogens is 146 g/mol. The Balaban J connectivity index is 2.84. The highest BCUT2D eigenvalue weighted by Gasteiger charge is 2.14. The Kier molecular flexibility index (Phi) is 2.14. The molecule has 4 nitrogen and oxygen atoms in total. The normalized spacial score (nSPS) is 13.8. The first-order chi connectivity index (χ1) is 5.11. The van der Waals surface area contributed by atoms with Gasteiger partial charge in [-0.05, 0) is 5.92 Å². The van der Waals surface area contributed by atoms with Crippen LogP contribution in [0.1, 0.15) is 25.6 Å². The highest BCUT2D eigenvalue weighted by Crippen LogP contribution is 2.17. The van der Waals surface area contributed by atoms with Gasteiger partial charge in [0, 0.05) is 0 Å². The van der Waals surface area contributed by atoms with Gasteiger partial charge in [0.15, 0.2) is 0 Å². The van der Waals surface area contributed by atoms with Gasteiger partial charge in [-0.3, -0.25) is 4.98 Å². The minimum absolute atomic E-state index is 0.0725. The first kappa shape index (κ1) is 8.07. The lowest BCUT2D eigenvalue weighted by atomic mass is 10.1. The molecule has 0 spiro atoms. The van der Waals surface area contributed by atoms with Crippen molar-refractivity contribution in [3.05, 3.63) is 22.5 Å². The van der Waals surface area contributed by atoms with Crippen molar-refractivity contribution in [2.75, 3.05) is 0 Å². The van der Waals surface area contributed by atoms with Crippen LogP contribution in [0.15, 0.2) is 15.5 Å². The predicted molar refractivity (Wildman–Crippen MR) is 39.1 cm³/mol. The van der Waals surface area contributed by atoms with Crippen LogP contribution in [0.4, 0.5) is 0 Å². The number of rotatable bonds is 2. The van der Waals surface area contributed by atoms with Crippen LogP contribution in [0, 0.1) is 5.92 Å². The predicted octanol–water partition coefficient (Wildman–Crippen LogP) is 0.657. The van der Waals surface area contributed by atoms with E-state index in [0.717, 1.165) is 0 Å². The lowest BCUT2D eigenvalue weighted by molar-refractivity contribution is 0.122. The van der Waals surface area contributed by atoms with Gasteiger partial charge < -0.3 is 9.52 Å². The van der Waals surface area contributed by atoms with Crippen molar-refractivity contribution in [1.82, 2.24) is 4.98 Å². The van der Waals surface area contributed by atoms with Crippen LogP contribution in [-0.4, -0.2) is 10.1 Å². The van der Waals surface area contributed by atoms with Gasteiger partial charge in [-0.25, -0.2) is 4.79 Å². The van der Waals surface area contributed by atoms with Crippen molar-refractivity contribution in [2.24, 2.45) is 5.92 Å². The second-order valence-electron chi connectivity index (χ2n) is 2.79. The molecule has 1 rings (SSSR count). The van der Waals surface area contributed by atoms with Crippen LogP contribution >= 0.6 is 0 Å². The molecule has 0 saturated carbocycles. The van der Waals surface area contributed by atoms with E-state index < -0.39 is 11.9 Å². The van der Waals surface area contributed by atoms with Crippen molar-refractivity contribution in [2.45, 2.75) is 20.0 Å². The Morgan fingerprint density at radius 1 is 1.64 bits per heavy atom. The number of aliphatic hydroxyl groups excluding tert-OH is 1. The van der Waals surface area contributed by atoms with Crippen molar-refractivity contribution in [1.29, 1.82) is 0 Å². The maximum atomic E-state index is 10.5. The van der Waals surface area contributed by atoms with Crippen LogP contribution in [-0.2, 0) is 0 Å². The fourth-order valence-corrected chi connectivity index (χ4v) is 0.797. The molecule has 0 radical (unpaired) electrons. The molecule has 0 bridgehead atoms. The molecule has 0 aliphatic heterocycles. The third kappa shape index (κ3) is 1.71. The zero-order valence-corrected chi connectivity index (χ0v) is 6.50. The number of hydrogen-bond acceptors (Lipinski definition) is 3. The van der Waals surface area contributed by atoms with Crippen molar-refractivity contribution < 1.29 is 9.52 Å². The molecule has 0 fully saturated rings. The maximum Gasteiger partial charge on any atom is 0.416 e. The number of aliphatic hydroxyl groups is 1. The first-order valence-corrected chi connectivity index (χ1v) is 3.47. The molecule has 2 N–H and O–H groups in total. The number of hydrogen-bond donors (Lipinski definition) is 2. The van der Waals surface area contributed by atoms with Gasteiger partial charge >= 0.3 is 5.76 Å². The van der Waals surface area contributed by atoms with Crippen LogP contribution in [0.2, 0.25) is 0 Å². The number of aromatic amines is 1. The van der Waals surface area contributed by atoms with E-state index in [1.54, 1.807) is 0 Å². The van der Waals surface area contributed by atoms with E-state index in [4.69, 9.17) is 0 Å². The fraction of sp³-hybridized carbons (Fsp3) is 0.571. The summed E-state index contributed by atoms with van der Waals surface area (Å²) < 4.78 is 4.46. The SMILES string of the molecule is CC(C)C(O)c1coc(=O)[nH]1. The Morgan fingerprint density at radius 3 is 2.64 bits per heavy atom. The fourth-order valence-electron chi connectivity index (χ4n) is 0.797. The molecule has 0 aromatic carbocycles. The largest absolute Gasteiger partial charge is 0.416 e. The van der Waals surface area contributed by atoms with Gasteiger partial charge in [0.1, 0.15) is 6.26 Å². The average Bonchev–Trinajstić information content (AvgIpc) is 2.34. The third-order valence-corrected chi connectivity index (χ3v) is 1.49. The summed E-state index contributed by atoms with van der Waals surface area (Å²) in [5, 5.41) is 9.38. The zero-order chi connectivity index (χ0) is 8.43. The molecular formula is C7H11NO3. The second kappa shape index (κ2) is 2.92. The zero-order valence-electron chi connectivity index (χ0n) is 6.50. The highest BCUT2D eigenvalue weighted by atomic mass is 16.4. The smallest absolute Gasteiger partial charge is 0.416 e. The molecule has 0 aliphatic carbocycles. The molecule has 1 unspecified atom stereocenters. The van der Waals surface area contributed by atoms with E-state index in [-0.39, 0.29) is 5.92 Å². The van der Waals surface area contributed by atoms with Gasteiger partial charge in [-0.15, -0.1) is 0 Å². The Hall–Kier alpha value is -1.03. The van der Waals surface area contributed by atoms with Crippen LogP contribution in [0.25, 0.3) is 0 Å².